The highest BCUT2D eigenvalue weighted by Crippen LogP contribution is 2.37. The fourth-order valence-corrected chi connectivity index (χ4v) is 3.89. The number of hydrogen-bond donors (Lipinski definition) is 1. The van der Waals surface area contributed by atoms with Gasteiger partial charge in [-0.3, -0.25) is 4.79 Å². The Morgan fingerprint density at radius 3 is 2.52 bits per heavy atom. The molecule has 0 unspecified atom stereocenters. The number of hydrogen-bond acceptors (Lipinski definition) is 7. The molecule has 152 valence electrons. The molecule has 0 aromatic carbocycles. The van der Waals surface area contributed by atoms with Crippen molar-refractivity contribution in [2.24, 2.45) is 0 Å². The first-order valence-electron chi connectivity index (χ1n) is 9.24. The number of carbonyl (C=O) groups is 3. The second-order valence-electron chi connectivity index (χ2n) is 6.37. The van der Waals surface area contributed by atoms with Gasteiger partial charge in [0.15, 0.2) is 0 Å². The average Bonchev–Trinajstić information content (AvgIpc) is 3.04. The highest BCUT2D eigenvalue weighted by Gasteiger charge is 2.29. The van der Waals surface area contributed by atoms with Gasteiger partial charge >= 0.3 is 5.97 Å². The van der Waals surface area contributed by atoms with Crippen molar-refractivity contribution in [1.82, 2.24) is 9.80 Å². The molecule has 0 atom stereocenters. The van der Waals surface area contributed by atoms with Crippen LogP contribution < -0.4 is 5.32 Å². The zero-order valence-electron chi connectivity index (χ0n) is 17.0. The fraction of sp³-hybridized carbons (Fsp3) is 0.632. The Hall–Kier alpha value is -1.93. The maximum atomic E-state index is 12.3. The first-order chi connectivity index (χ1) is 12.9. The largest absolute Gasteiger partial charge is 0.462 e. The minimum Gasteiger partial charge on any atom is -0.462 e. The number of esters is 1. The molecule has 0 bridgehead atoms. The molecule has 0 spiro atoms. The monoisotopic (exact) mass is 397 g/mol. The fourth-order valence-electron chi connectivity index (χ4n) is 2.69. The SMILES string of the molecule is CCC=O.CCOC(=O)c1c(NC)sc2c1CCN(C(=O)CCN(C)C)C2. The molecule has 8 heteroatoms. The first-order valence-corrected chi connectivity index (χ1v) is 10.1. The van der Waals surface area contributed by atoms with Crippen LogP contribution in [0.5, 0.6) is 0 Å². The summed E-state index contributed by atoms with van der Waals surface area (Å²) in [7, 11) is 5.73. The van der Waals surface area contributed by atoms with Crippen LogP contribution in [0.1, 0.15) is 47.5 Å². The summed E-state index contributed by atoms with van der Waals surface area (Å²) >= 11 is 1.55. The van der Waals surface area contributed by atoms with E-state index >= 15 is 0 Å². The van der Waals surface area contributed by atoms with Crippen LogP contribution in [0, 0.1) is 0 Å². The number of thiophene rings is 1. The molecule has 1 aromatic heterocycles. The van der Waals surface area contributed by atoms with Crippen LogP contribution >= 0.6 is 11.3 Å². The Morgan fingerprint density at radius 2 is 2.00 bits per heavy atom. The van der Waals surface area contributed by atoms with Crippen molar-refractivity contribution in [3.05, 3.63) is 16.0 Å². The molecule has 1 N–H and O–H groups in total. The van der Waals surface area contributed by atoms with E-state index < -0.39 is 0 Å². The Bertz CT molecular complexity index is 643. The van der Waals surface area contributed by atoms with Crippen LogP contribution in [0.2, 0.25) is 0 Å². The predicted molar refractivity (Wildman–Crippen MR) is 108 cm³/mol. The molecular formula is C19H31N3O4S. The Morgan fingerprint density at radius 1 is 1.33 bits per heavy atom. The quantitative estimate of drug-likeness (QED) is 0.562. The van der Waals surface area contributed by atoms with E-state index in [9.17, 15) is 14.4 Å². The maximum Gasteiger partial charge on any atom is 0.341 e. The highest BCUT2D eigenvalue weighted by molar-refractivity contribution is 7.16. The van der Waals surface area contributed by atoms with E-state index in [-0.39, 0.29) is 11.9 Å². The summed E-state index contributed by atoms with van der Waals surface area (Å²) in [5.41, 5.74) is 1.68. The van der Waals surface area contributed by atoms with Gasteiger partial charge < -0.3 is 24.6 Å². The van der Waals surface area contributed by atoms with Crippen molar-refractivity contribution in [2.45, 2.75) is 39.7 Å². The molecule has 0 saturated carbocycles. The van der Waals surface area contributed by atoms with Gasteiger partial charge in [-0.1, -0.05) is 6.92 Å². The molecule has 0 saturated heterocycles. The Balaban J connectivity index is 0.000000828. The minimum absolute atomic E-state index is 0.168. The topological polar surface area (TPSA) is 79.0 Å². The highest BCUT2D eigenvalue weighted by atomic mass is 32.1. The molecule has 1 amide bonds. The van der Waals surface area contributed by atoms with Gasteiger partial charge in [0.25, 0.3) is 0 Å². The number of carbonyl (C=O) groups excluding carboxylic acids is 3. The summed E-state index contributed by atoms with van der Waals surface area (Å²) < 4.78 is 5.18. The summed E-state index contributed by atoms with van der Waals surface area (Å²) in [5.74, 6) is -0.108. The lowest BCUT2D eigenvalue weighted by molar-refractivity contribution is -0.132. The third-order valence-electron chi connectivity index (χ3n) is 4.06. The van der Waals surface area contributed by atoms with E-state index in [1.54, 1.807) is 25.3 Å². The third-order valence-corrected chi connectivity index (χ3v) is 5.29. The molecule has 1 aromatic rings. The zero-order chi connectivity index (χ0) is 20.4. The second kappa shape index (κ2) is 11.7. The molecule has 1 aliphatic rings. The van der Waals surface area contributed by atoms with Crippen molar-refractivity contribution >= 4 is 34.5 Å². The van der Waals surface area contributed by atoms with Crippen LogP contribution in [0.3, 0.4) is 0 Å². The van der Waals surface area contributed by atoms with Crippen molar-refractivity contribution in [2.75, 3.05) is 46.2 Å². The molecular weight excluding hydrogens is 366 g/mol. The normalized spacial score (nSPS) is 12.7. The van der Waals surface area contributed by atoms with Crippen molar-refractivity contribution in [1.29, 1.82) is 0 Å². The van der Waals surface area contributed by atoms with Crippen molar-refractivity contribution < 1.29 is 19.1 Å². The molecule has 1 aliphatic heterocycles. The van der Waals surface area contributed by atoms with Crippen LogP contribution in [0.25, 0.3) is 0 Å². The molecule has 2 heterocycles. The Kier molecular flexibility index (Phi) is 10.0. The zero-order valence-corrected chi connectivity index (χ0v) is 17.8. The number of amides is 1. The number of aldehydes is 1. The third kappa shape index (κ3) is 6.62. The van der Waals surface area contributed by atoms with E-state index in [1.807, 2.05) is 30.8 Å². The summed E-state index contributed by atoms with van der Waals surface area (Å²) in [5, 5.41) is 3.91. The molecule has 0 radical (unpaired) electrons. The molecule has 2 rings (SSSR count). The molecule has 7 nitrogen and oxygen atoms in total. The van der Waals surface area contributed by atoms with E-state index in [2.05, 4.69) is 5.32 Å². The summed E-state index contributed by atoms with van der Waals surface area (Å²) in [4.78, 5) is 38.7. The lowest BCUT2D eigenvalue weighted by atomic mass is 10.0. The number of rotatable bonds is 7. The lowest BCUT2D eigenvalue weighted by Crippen LogP contribution is -2.37. The van der Waals surface area contributed by atoms with Gasteiger partial charge in [0.1, 0.15) is 11.3 Å². The van der Waals surface area contributed by atoms with Gasteiger partial charge in [0.05, 0.1) is 18.7 Å². The Labute approximate surface area is 165 Å². The first kappa shape index (κ1) is 23.1. The number of ether oxygens (including phenoxy) is 1. The maximum absolute atomic E-state index is 12.3. The minimum atomic E-state index is -0.276. The van der Waals surface area contributed by atoms with E-state index in [0.29, 0.717) is 44.5 Å². The van der Waals surface area contributed by atoms with Crippen molar-refractivity contribution in [3.63, 3.8) is 0 Å². The predicted octanol–water partition coefficient (Wildman–Crippen LogP) is 2.40. The summed E-state index contributed by atoms with van der Waals surface area (Å²) in [6.07, 6.45) is 2.74. The van der Waals surface area contributed by atoms with Crippen LogP contribution in [-0.2, 0) is 27.3 Å². The summed E-state index contributed by atoms with van der Waals surface area (Å²) in [6.45, 7) is 5.98. The van der Waals surface area contributed by atoms with E-state index in [4.69, 9.17) is 4.74 Å². The average molecular weight is 398 g/mol. The van der Waals surface area contributed by atoms with Gasteiger partial charge in [0.2, 0.25) is 5.91 Å². The van der Waals surface area contributed by atoms with Gasteiger partial charge in [-0.25, -0.2) is 4.79 Å². The number of nitrogens with one attached hydrogen (secondary N) is 1. The van der Waals surface area contributed by atoms with Gasteiger partial charge in [-0.05, 0) is 33.0 Å². The smallest absolute Gasteiger partial charge is 0.341 e. The standard InChI is InChI=1S/C16H25N3O3S.C3H6O/c1-5-22-16(21)14-11-6-9-19(13(20)7-8-18(3)4)10-12(11)23-15(14)17-2;1-2-3-4/h17H,5-10H2,1-4H3;3H,2H2,1H3. The van der Waals surface area contributed by atoms with Crippen LogP contribution in [0.4, 0.5) is 5.00 Å². The van der Waals surface area contributed by atoms with Gasteiger partial charge in [-0.15, -0.1) is 11.3 Å². The number of anilines is 1. The van der Waals surface area contributed by atoms with Gasteiger partial charge in [0, 0.05) is 37.9 Å². The second-order valence-corrected chi connectivity index (χ2v) is 7.48. The number of fused-ring (bicyclic) bond motifs is 1. The number of nitrogens with zero attached hydrogens (tertiary/aromatic N) is 2. The van der Waals surface area contributed by atoms with Crippen molar-refractivity contribution in [3.8, 4) is 0 Å². The summed E-state index contributed by atoms with van der Waals surface area (Å²) in [6, 6.07) is 0. The van der Waals surface area contributed by atoms with Gasteiger partial charge in [-0.2, -0.15) is 0 Å². The van der Waals surface area contributed by atoms with E-state index in [0.717, 1.165) is 28.3 Å². The molecule has 0 fully saturated rings. The lowest BCUT2D eigenvalue weighted by Gasteiger charge is -2.27. The van der Waals surface area contributed by atoms with Crippen LogP contribution in [-0.4, -0.2) is 68.8 Å². The molecule has 0 aliphatic carbocycles. The van der Waals surface area contributed by atoms with Crippen LogP contribution in [0.15, 0.2) is 0 Å². The molecule has 27 heavy (non-hydrogen) atoms. The van der Waals surface area contributed by atoms with E-state index in [1.165, 1.54) is 0 Å².